The van der Waals surface area contributed by atoms with Gasteiger partial charge in [-0.3, -0.25) is 0 Å². The van der Waals surface area contributed by atoms with Crippen LogP contribution in [0.2, 0.25) is 0 Å². The van der Waals surface area contributed by atoms with Crippen LogP contribution >= 0.6 is 0 Å². The van der Waals surface area contributed by atoms with E-state index in [1.54, 1.807) is 60.7 Å². The number of amides is 2. The van der Waals surface area contributed by atoms with E-state index in [9.17, 15) is 22.0 Å². The van der Waals surface area contributed by atoms with Crippen molar-refractivity contribution in [2.75, 3.05) is 36.5 Å². The van der Waals surface area contributed by atoms with Gasteiger partial charge in [-0.05, 0) is 55.7 Å². The van der Waals surface area contributed by atoms with Gasteiger partial charge in [-0.1, -0.05) is 25.1 Å². The minimum Gasteiger partial charge on any atom is -0.377 e. The van der Waals surface area contributed by atoms with Crippen molar-refractivity contribution in [1.29, 1.82) is 0 Å². The zero-order valence-corrected chi connectivity index (χ0v) is 22.8. The van der Waals surface area contributed by atoms with Gasteiger partial charge in [-0.15, -0.1) is 0 Å². The smallest absolute Gasteiger partial charge is 0.319 e. The van der Waals surface area contributed by atoms with Crippen molar-refractivity contribution in [3.8, 4) is 11.4 Å². The lowest BCUT2D eigenvalue weighted by molar-refractivity contribution is 0.0925. The maximum atomic E-state index is 13.8. The van der Waals surface area contributed by atoms with Crippen molar-refractivity contribution in [2.45, 2.75) is 48.3 Å². The van der Waals surface area contributed by atoms with E-state index in [0.29, 0.717) is 61.2 Å². The number of sulfone groups is 1. The molecule has 1 aliphatic carbocycles. The first-order valence-electron chi connectivity index (χ1n) is 13.2. The average Bonchev–Trinajstić information content (AvgIpc) is 3.80. The van der Waals surface area contributed by atoms with Crippen LogP contribution in [-0.2, 0) is 19.3 Å². The molecular weight excluding hydrogens is 540 g/mol. The molecular formula is C28H31F2N5O4S. The van der Waals surface area contributed by atoms with Gasteiger partial charge in [0.2, 0.25) is 0 Å². The number of carbonyl (C=O) groups excluding carboxylic acids is 1. The molecule has 1 aliphatic heterocycles. The number of hydrogen-bond acceptors (Lipinski definition) is 7. The summed E-state index contributed by atoms with van der Waals surface area (Å²) in [6, 6.07) is 16.2. The van der Waals surface area contributed by atoms with E-state index >= 15 is 0 Å². The van der Waals surface area contributed by atoms with Gasteiger partial charge < -0.3 is 20.3 Å². The van der Waals surface area contributed by atoms with E-state index in [1.807, 2.05) is 0 Å². The Balaban J connectivity index is 1.52. The van der Waals surface area contributed by atoms with E-state index in [-0.39, 0.29) is 10.9 Å². The Labute approximate surface area is 231 Å². The Kier molecular flexibility index (Phi) is 7.99. The lowest BCUT2D eigenvalue weighted by atomic mass is 10.1. The quantitative estimate of drug-likeness (QED) is 0.386. The molecule has 0 radical (unpaired) electrons. The number of nitrogens with one attached hydrogen (secondary N) is 2. The maximum absolute atomic E-state index is 13.8. The van der Waals surface area contributed by atoms with Gasteiger partial charge in [0.05, 0.1) is 36.4 Å². The van der Waals surface area contributed by atoms with Crippen LogP contribution in [0.1, 0.15) is 31.9 Å². The molecule has 2 N–H and O–H groups in total. The second-order valence-electron chi connectivity index (χ2n) is 9.88. The van der Waals surface area contributed by atoms with Gasteiger partial charge in [0.15, 0.2) is 15.7 Å². The molecule has 2 amide bonds. The van der Waals surface area contributed by atoms with Gasteiger partial charge in [0.25, 0.3) is 6.43 Å². The molecule has 9 nitrogen and oxygen atoms in total. The van der Waals surface area contributed by atoms with Crippen LogP contribution in [0.3, 0.4) is 0 Å². The van der Waals surface area contributed by atoms with Gasteiger partial charge >= 0.3 is 6.03 Å². The van der Waals surface area contributed by atoms with Crippen molar-refractivity contribution in [2.24, 2.45) is 0 Å². The van der Waals surface area contributed by atoms with E-state index in [4.69, 9.17) is 14.7 Å². The van der Waals surface area contributed by atoms with Crippen LogP contribution in [-0.4, -0.2) is 63.2 Å². The van der Waals surface area contributed by atoms with Crippen LogP contribution in [0.25, 0.3) is 11.4 Å². The first-order chi connectivity index (χ1) is 19.2. The summed E-state index contributed by atoms with van der Waals surface area (Å²) in [7, 11) is -3.72. The molecule has 2 aromatic carbocycles. The Morgan fingerprint density at radius 3 is 2.50 bits per heavy atom. The molecule has 0 bridgehead atoms. The molecule has 212 valence electrons. The summed E-state index contributed by atoms with van der Waals surface area (Å²) >= 11 is 0. The predicted octanol–water partition coefficient (Wildman–Crippen LogP) is 4.61. The highest BCUT2D eigenvalue weighted by Crippen LogP contribution is 2.55. The highest BCUT2D eigenvalue weighted by atomic mass is 32.2. The number of anilines is 2. The van der Waals surface area contributed by atoms with Crippen LogP contribution in [0.5, 0.6) is 0 Å². The van der Waals surface area contributed by atoms with Crippen molar-refractivity contribution < 1.29 is 26.7 Å². The fraction of sp³-hybridized carbons (Fsp3) is 0.393. The fourth-order valence-corrected chi connectivity index (χ4v) is 6.87. The number of aromatic nitrogens is 2. The first-order valence-corrected chi connectivity index (χ1v) is 14.7. The lowest BCUT2D eigenvalue weighted by Gasteiger charge is -2.36. The molecule has 3 aromatic rings. The number of hydrogen-bond donors (Lipinski definition) is 2. The molecule has 0 spiro atoms. The molecule has 5 rings (SSSR count). The van der Waals surface area contributed by atoms with Gasteiger partial charge in [-0.2, -0.15) is 0 Å². The van der Waals surface area contributed by atoms with Crippen LogP contribution < -0.4 is 15.5 Å². The van der Waals surface area contributed by atoms with Gasteiger partial charge in [-0.25, -0.2) is 32.0 Å². The number of urea groups is 1. The molecule has 1 saturated carbocycles. The molecule has 1 aromatic heterocycles. The summed E-state index contributed by atoms with van der Waals surface area (Å²) in [6.07, 6.45) is -0.907. The predicted molar refractivity (Wildman–Crippen MR) is 147 cm³/mol. The van der Waals surface area contributed by atoms with Crippen LogP contribution in [0, 0.1) is 0 Å². The number of carbonyl (C=O) groups is 1. The highest BCUT2D eigenvalue weighted by Gasteiger charge is 2.58. The standard InChI is InChI=1S/C28H31F2N5O4S/c1-2-21-18-39-15-14-35(21)25-16-23(28(12-13-28)40(37,38)22-6-4-3-5-7-22)33-26(34-25)19-8-10-20(11-9-19)32-27(36)31-17-24(29)30/h3-11,16,21,24H,2,12-15,17-18H2,1H3,(H2,31,32,36)/t21-/m0/s1. The topological polar surface area (TPSA) is 114 Å². The molecule has 12 heteroatoms. The minimum atomic E-state index is -3.72. The second kappa shape index (κ2) is 11.5. The minimum absolute atomic E-state index is 0.0866. The normalized spacial score (nSPS) is 18.4. The number of benzene rings is 2. The molecule has 1 atom stereocenters. The van der Waals surface area contributed by atoms with Crippen molar-refractivity contribution >= 4 is 27.4 Å². The monoisotopic (exact) mass is 571 g/mol. The Bertz CT molecular complexity index is 1450. The summed E-state index contributed by atoms with van der Waals surface area (Å²) in [5, 5.41) is 4.60. The fourth-order valence-electron chi connectivity index (χ4n) is 4.89. The van der Waals surface area contributed by atoms with E-state index in [1.165, 1.54) is 0 Å². The first kappa shape index (κ1) is 27.9. The SMILES string of the molecule is CC[C@H]1COCCN1c1cc(C2(S(=O)(=O)c3ccccc3)CC2)nc(-c2ccc(NC(=O)NCC(F)F)cc2)n1. The maximum Gasteiger partial charge on any atom is 0.319 e. The van der Waals surface area contributed by atoms with Crippen LogP contribution in [0.4, 0.5) is 25.1 Å². The Morgan fingerprint density at radius 2 is 1.85 bits per heavy atom. The Morgan fingerprint density at radius 1 is 1.12 bits per heavy atom. The molecule has 2 fully saturated rings. The van der Waals surface area contributed by atoms with Crippen LogP contribution in [0.15, 0.2) is 65.6 Å². The largest absolute Gasteiger partial charge is 0.377 e. The van der Waals surface area contributed by atoms with Gasteiger partial charge in [0, 0.05) is 23.9 Å². The third kappa shape index (κ3) is 5.64. The third-order valence-electron chi connectivity index (χ3n) is 7.26. The number of halogens is 2. The van der Waals surface area contributed by atoms with Crippen molar-refractivity contribution in [1.82, 2.24) is 15.3 Å². The number of nitrogens with zero attached hydrogens (tertiary/aromatic N) is 3. The summed E-state index contributed by atoms with van der Waals surface area (Å²) in [5.41, 5.74) is 1.47. The third-order valence-corrected chi connectivity index (χ3v) is 9.80. The molecule has 40 heavy (non-hydrogen) atoms. The summed E-state index contributed by atoms with van der Waals surface area (Å²) in [5.74, 6) is 0.996. The zero-order valence-electron chi connectivity index (χ0n) is 22.0. The van der Waals surface area contributed by atoms with E-state index < -0.39 is 33.6 Å². The number of alkyl halides is 2. The van der Waals surface area contributed by atoms with E-state index in [2.05, 4.69) is 22.5 Å². The second-order valence-corrected chi connectivity index (χ2v) is 12.1. The summed E-state index contributed by atoms with van der Waals surface area (Å²) in [6.45, 7) is 3.02. The van der Waals surface area contributed by atoms with Crippen molar-refractivity contribution in [3.63, 3.8) is 0 Å². The number of morpholine rings is 1. The molecule has 2 heterocycles. The lowest BCUT2D eigenvalue weighted by Crippen LogP contribution is -2.45. The Hall–Kier alpha value is -3.64. The molecule has 2 aliphatic rings. The summed E-state index contributed by atoms with van der Waals surface area (Å²) < 4.78 is 56.9. The number of ether oxygens (including phenoxy) is 1. The van der Waals surface area contributed by atoms with E-state index in [0.717, 1.165) is 6.42 Å². The van der Waals surface area contributed by atoms with Crippen molar-refractivity contribution in [3.05, 3.63) is 66.4 Å². The zero-order chi connectivity index (χ0) is 28.3. The molecule has 0 unspecified atom stereocenters. The molecule has 1 saturated heterocycles. The average molecular weight is 572 g/mol. The van der Waals surface area contributed by atoms with Gasteiger partial charge in [0.1, 0.15) is 10.6 Å². The number of rotatable bonds is 9. The summed E-state index contributed by atoms with van der Waals surface area (Å²) in [4.78, 5) is 23.9. The highest BCUT2D eigenvalue weighted by molar-refractivity contribution is 7.92.